The third-order valence-electron chi connectivity index (χ3n) is 2.10. The number of rotatable bonds is 5. The molecule has 1 aromatic heterocycles. The molecule has 14 heavy (non-hydrogen) atoms. The molecule has 2 N–H and O–H groups in total. The Morgan fingerprint density at radius 2 is 2.36 bits per heavy atom. The van der Waals surface area contributed by atoms with Gasteiger partial charge >= 0.3 is 0 Å². The van der Waals surface area contributed by atoms with Gasteiger partial charge in [-0.2, -0.15) is 0 Å². The average Bonchev–Trinajstić information content (AvgIpc) is 2.19. The molecule has 1 rings (SSSR count). The lowest BCUT2D eigenvalue weighted by molar-refractivity contribution is 0.207. The van der Waals surface area contributed by atoms with Crippen molar-refractivity contribution in [2.24, 2.45) is 5.73 Å². The number of ether oxygens (including phenoxy) is 1. The molecular weight excluding hydrogens is 176 g/mol. The van der Waals surface area contributed by atoms with Gasteiger partial charge in [0.2, 0.25) is 0 Å². The van der Waals surface area contributed by atoms with Crippen molar-refractivity contribution in [1.29, 1.82) is 0 Å². The molecule has 0 fully saturated rings. The van der Waals surface area contributed by atoms with Crippen LogP contribution in [0.2, 0.25) is 0 Å². The first-order valence-electron chi connectivity index (χ1n) is 5.07. The molecule has 3 nitrogen and oxygen atoms in total. The summed E-state index contributed by atoms with van der Waals surface area (Å²) in [4.78, 5) is 4.01. The monoisotopic (exact) mass is 194 g/mol. The molecule has 78 valence electrons. The third-order valence-corrected chi connectivity index (χ3v) is 2.10. The van der Waals surface area contributed by atoms with E-state index in [1.165, 1.54) is 0 Å². The Kier molecular flexibility index (Phi) is 4.40. The van der Waals surface area contributed by atoms with Gasteiger partial charge in [-0.05, 0) is 19.4 Å². The van der Waals surface area contributed by atoms with Crippen LogP contribution < -0.4 is 10.5 Å². The highest BCUT2D eigenvalue weighted by Gasteiger charge is 2.06. The fourth-order valence-corrected chi connectivity index (χ4v) is 1.36. The van der Waals surface area contributed by atoms with Gasteiger partial charge in [-0.1, -0.05) is 13.3 Å². The minimum Gasteiger partial charge on any atom is -0.490 e. The van der Waals surface area contributed by atoms with Gasteiger partial charge in [0.05, 0.1) is 6.10 Å². The summed E-state index contributed by atoms with van der Waals surface area (Å²) in [6.07, 6.45) is 5.92. The highest BCUT2D eigenvalue weighted by Crippen LogP contribution is 2.18. The van der Waals surface area contributed by atoms with E-state index in [1.54, 1.807) is 12.4 Å². The summed E-state index contributed by atoms with van der Waals surface area (Å²) < 4.78 is 5.76. The van der Waals surface area contributed by atoms with Crippen molar-refractivity contribution < 1.29 is 4.74 Å². The predicted molar refractivity (Wildman–Crippen MR) is 57.1 cm³/mol. The van der Waals surface area contributed by atoms with Gasteiger partial charge in [-0.15, -0.1) is 0 Å². The second-order valence-corrected chi connectivity index (χ2v) is 3.40. The molecular formula is C11H18N2O. The highest BCUT2D eigenvalue weighted by atomic mass is 16.5. The van der Waals surface area contributed by atoms with Crippen LogP contribution in [0.15, 0.2) is 18.5 Å². The molecule has 0 bridgehead atoms. The lowest BCUT2D eigenvalue weighted by Gasteiger charge is -2.15. The van der Waals surface area contributed by atoms with Crippen molar-refractivity contribution in [3.63, 3.8) is 0 Å². The quantitative estimate of drug-likeness (QED) is 0.781. The Morgan fingerprint density at radius 1 is 1.57 bits per heavy atom. The summed E-state index contributed by atoms with van der Waals surface area (Å²) in [7, 11) is 0. The fraction of sp³-hybridized carbons (Fsp3) is 0.545. The van der Waals surface area contributed by atoms with E-state index in [-0.39, 0.29) is 6.10 Å². The first-order valence-corrected chi connectivity index (χ1v) is 5.07. The van der Waals surface area contributed by atoms with E-state index in [0.717, 1.165) is 24.2 Å². The van der Waals surface area contributed by atoms with Gasteiger partial charge < -0.3 is 10.5 Å². The van der Waals surface area contributed by atoms with E-state index in [0.29, 0.717) is 6.54 Å². The Hall–Kier alpha value is -1.09. The maximum Gasteiger partial charge on any atom is 0.127 e. The molecule has 0 aromatic carbocycles. The van der Waals surface area contributed by atoms with Crippen LogP contribution in [-0.2, 0) is 6.54 Å². The number of hydrogen-bond donors (Lipinski definition) is 1. The number of hydrogen-bond acceptors (Lipinski definition) is 3. The zero-order valence-electron chi connectivity index (χ0n) is 8.86. The smallest absolute Gasteiger partial charge is 0.127 e. The molecule has 3 heteroatoms. The Labute approximate surface area is 85.3 Å². The van der Waals surface area contributed by atoms with E-state index in [1.807, 2.05) is 6.07 Å². The van der Waals surface area contributed by atoms with Crippen LogP contribution in [0.5, 0.6) is 5.75 Å². The zero-order chi connectivity index (χ0) is 10.4. The van der Waals surface area contributed by atoms with Crippen LogP contribution in [0.25, 0.3) is 0 Å². The first kappa shape index (κ1) is 11.0. The van der Waals surface area contributed by atoms with Crippen molar-refractivity contribution in [3.8, 4) is 5.75 Å². The van der Waals surface area contributed by atoms with Crippen LogP contribution in [-0.4, -0.2) is 11.1 Å². The minimum absolute atomic E-state index is 0.243. The number of nitrogens with zero attached hydrogens (tertiary/aromatic N) is 1. The van der Waals surface area contributed by atoms with Crippen molar-refractivity contribution in [2.45, 2.75) is 39.3 Å². The molecule has 0 aliphatic heterocycles. The molecule has 0 aliphatic carbocycles. The van der Waals surface area contributed by atoms with Crippen molar-refractivity contribution in [1.82, 2.24) is 4.98 Å². The molecule has 0 radical (unpaired) electrons. The topological polar surface area (TPSA) is 48.1 Å². The lowest BCUT2D eigenvalue weighted by atomic mass is 10.2. The van der Waals surface area contributed by atoms with Crippen molar-refractivity contribution in [3.05, 3.63) is 24.0 Å². The highest BCUT2D eigenvalue weighted by molar-refractivity contribution is 5.29. The number of pyridine rings is 1. The van der Waals surface area contributed by atoms with Gasteiger partial charge in [0.15, 0.2) is 0 Å². The maximum absolute atomic E-state index is 5.76. The average molecular weight is 194 g/mol. The maximum atomic E-state index is 5.76. The Morgan fingerprint density at radius 3 is 3.00 bits per heavy atom. The molecule has 1 atom stereocenters. The summed E-state index contributed by atoms with van der Waals surface area (Å²) in [5.74, 6) is 0.864. The van der Waals surface area contributed by atoms with Gasteiger partial charge in [0.1, 0.15) is 5.75 Å². The van der Waals surface area contributed by atoms with E-state index in [4.69, 9.17) is 10.5 Å². The van der Waals surface area contributed by atoms with Crippen LogP contribution in [0.3, 0.4) is 0 Å². The van der Waals surface area contributed by atoms with Crippen LogP contribution >= 0.6 is 0 Å². The molecule has 0 saturated heterocycles. The van der Waals surface area contributed by atoms with Crippen LogP contribution in [0.4, 0.5) is 0 Å². The summed E-state index contributed by atoms with van der Waals surface area (Å²) in [5, 5.41) is 0. The standard InChI is InChI=1S/C11H18N2O/c1-3-4-9(2)14-11-5-6-13-8-10(11)7-12/h5-6,8-9H,3-4,7,12H2,1-2H3. The number of nitrogens with two attached hydrogens (primary N) is 1. The van der Waals surface area contributed by atoms with E-state index < -0.39 is 0 Å². The van der Waals surface area contributed by atoms with E-state index >= 15 is 0 Å². The summed E-state index contributed by atoms with van der Waals surface area (Å²) in [6.45, 7) is 4.70. The first-order chi connectivity index (χ1) is 6.77. The third kappa shape index (κ3) is 3.00. The largest absolute Gasteiger partial charge is 0.490 e. The second-order valence-electron chi connectivity index (χ2n) is 3.40. The molecule has 0 amide bonds. The zero-order valence-corrected chi connectivity index (χ0v) is 8.86. The second kappa shape index (κ2) is 5.60. The van der Waals surface area contributed by atoms with Gasteiger partial charge in [0, 0.05) is 24.5 Å². The summed E-state index contributed by atoms with van der Waals surface area (Å²) in [5.41, 5.74) is 6.55. The Bertz CT molecular complexity index is 276. The van der Waals surface area contributed by atoms with Gasteiger partial charge in [-0.3, -0.25) is 4.98 Å². The fourth-order valence-electron chi connectivity index (χ4n) is 1.36. The summed E-state index contributed by atoms with van der Waals surface area (Å²) in [6, 6.07) is 1.87. The lowest BCUT2D eigenvalue weighted by Crippen LogP contribution is -2.13. The van der Waals surface area contributed by atoms with Crippen LogP contribution in [0.1, 0.15) is 32.3 Å². The minimum atomic E-state index is 0.243. The SMILES string of the molecule is CCCC(C)Oc1ccncc1CN. The molecule has 1 heterocycles. The molecule has 0 spiro atoms. The molecule has 1 unspecified atom stereocenters. The Balaban J connectivity index is 2.65. The van der Waals surface area contributed by atoms with Crippen molar-refractivity contribution in [2.75, 3.05) is 0 Å². The summed E-state index contributed by atoms with van der Waals surface area (Å²) >= 11 is 0. The molecule has 0 aliphatic rings. The van der Waals surface area contributed by atoms with Gasteiger partial charge in [0.25, 0.3) is 0 Å². The predicted octanol–water partition coefficient (Wildman–Crippen LogP) is 2.11. The molecule has 0 saturated carbocycles. The van der Waals surface area contributed by atoms with Crippen LogP contribution in [0, 0.1) is 0 Å². The van der Waals surface area contributed by atoms with Crippen molar-refractivity contribution >= 4 is 0 Å². The van der Waals surface area contributed by atoms with E-state index in [2.05, 4.69) is 18.8 Å². The van der Waals surface area contributed by atoms with E-state index in [9.17, 15) is 0 Å². The van der Waals surface area contributed by atoms with Gasteiger partial charge in [-0.25, -0.2) is 0 Å². The normalized spacial score (nSPS) is 12.5. The molecule has 1 aromatic rings. The number of aromatic nitrogens is 1.